The second-order valence-electron chi connectivity index (χ2n) is 4.71. The summed E-state index contributed by atoms with van der Waals surface area (Å²) in [5, 5.41) is 3.63. The third kappa shape index (κ3) is 1.89. The topological polar surface area (TPSA) is 28.2 Å². The van der Waals surface area contributed by atoms with Crippen molar-refractivity contribution in [3.05, 3.63) is 24.3 Å². The van der Waals surface area contributed by atoms with Gasteiger partial charge in [0.1, 0.15) is 0 Å². The molecule has 2 saturated heterocycles. The van der Waals surface area contributed by atoms with Crippen LogP contribution in [0.5, 0.6) is 0 Å². The Morgan fingerprint density at radius 1 is 1.25 bits per heavy atom. The Kier molecular flexibility index (Phi) is 2.52. The molecule has 3 nitrogen and oxygen atoms in total. The Morgan fingerprint density at radius 2 is 2.12 bits per heavy atom. The van der Waals surface area contributed by atoms with E-state index >= 15 is 0 Å². The highest BCUT2D eigenvalue weighted by Gasteiger charge is 2.29. The van der Waals surface area contributed by atoms with E-state index in [4.69, 9.17) is 0 Å². The zero-order valence-corrected chi connectivity index (χ0v) is 9.19. The molecule has 3 rings (SSSR count). The van der Waals surface area contributed by atoms with E-state index in [-0.39, 0.29) is 0 Å². The molecule has 1 aromatic rings. The summed E-state index contributed by atoms with van der Waals surface area (Å²) in [6.45, 7) is 2.06. The van der Waals surface area contributed by atoms with Gasteiger partial charge in [0.15, 0.2) is 0 Å². The maximum atomic E-state index is 12.7. The van der Waals surface area contributed by atoms with Crippen molar-refractivity contribution >= 4 is 5.69 Å². The van der Waals surface area contributed by atoms with Crippen LogP contribution in [0.15, 0.2) is 18.3 Å². The number of nitrogens with zero attached hydrogens (tertiary/aromatic N) is 2. The van der Waals surface area contributed by atoms with Crippen LogP contribution in [0, 0.1) is 5.95 Å². The Morgan fingerprint density at radius 3 is 2.94 bits per heavy atom. The molecular formula is C12H16FN3. The van der Waals surface area contributed by atoms with Crippen molar-refractivity contribution < 1.29 is 4.39 Å². The molecule has 0 amide bonds. The van der Waals surface area contributed by atoms with Crippen LogP contribution in [0.3, 0.4) is 0 Å². The van der Waals surface area contributed by atoms with Crippen LogP contribution in [0.2, 0.25) is 0 Å². The minimum absolute atomic E-state index is 0.404. The van der Waals surface area contributed by atoms with Crippen molar-refractivity contribution in [2.75, 3.05) is 18.0 Å². The maximum Gasteiger partial charge on any atom is 0.212 e. The lowest BCUT2D eigenvalue weighted by atomic mass is 10.1. The quantitative estimate of drug-likeness (QED) is 0.729. The average molecular weight is 221 g/mol. The summed E-state index contributed by atoms with van der Waals surface area (Å²) in [7, 11) is 0. The lowest BCUT2D eigenvalue weighted by Gasteiger charge is -2.25. The second-order valence-corrected chi connectivity index (χ2v) is 4.71. The maximum absolute atomic E-state index is 12.7. The van der Waals surface area contributed by atoms with E-state index in [1.54, 1.807) is 6.20 Å². The number of aromatic nitrogens is 1. The van der Waals surface area contributed by atoms with Gasteiger partial charge in [0.05, 0.1) is 11.9 Å². The van der Waals surface area contributed by atoms with E-state index in [9.17, 15) is 4.39 Å². The standard InChI is InChI=1S/C12H16FN3/c13-12-4-3-11(7-14-12)16-6-5-9-1-2-10(8-16)15-9/h3-4,7,9-10,15H,1-2,5-6,8H2/t9-,10+/m1/s1. The van der Waals surface area contributed by atoms with Crippen LogP contribution in [0.1, 0.15) is 19.3 Å². The van der Waals surface area contributed by atoms with Gasteiger partial charge < -0.3 is 10.2 Å². The van der Waals surface area contributed by atoms with Crippen LogP contribution in [-0.4, -0.2) is 30.2 Å². The highest BCUT2D eigenvalue weighted by Crippen LogP contribution is 2.24. The minimum atomic E-state index is -0.404. The molecule has 1 aromatic heterocycles. The first-order chi connectivity index (χ1) is 7.81. The van der Waals surface area contributed by atoms with Gasteiger partial charge in [-0.3, -0.25) is 0 Å². The first-order valence-electron chi connectivity index (χ1n) is 5.94. The fraction of sp³-hybridized carbons (Fsp3) is 0.583. The van der Waals surface area contributed by atoms with Crippen LogP contribution in [0.25, 0.3) is 0 Å². The summed E-state index contributed by atoms with van der Waals surface area (Å²) in [4.78, 5) is 6.03. The molecule has 4 heteroatoms. The fourth-order valence-corrected chi connectivity index (χ4v) is 2.73. The summed E-state index contributed by atoms with van der Waals surface area (Å²) in [6.07, 6.45) is 5.37. The summed E-state index contributed by atoms with van der Waals surface area (Å²) in [5.41, 5.74) is 1.04. The van der Waals surface area contributed by atoms with Gasteiger partial charge in [0.2, 0.25) is 5.95 Å². The smallest absolute Gasteiger partial charge is 0.212 e. The lowest BCUT2D eigenvalue weighted by Crippen LogP contribution is -2.35. The molecular weight excluding hydrogens is 205 g/mol. The van der Waals surface area contributed by atoms with Crippen molar-refractivity contribution in [1.29, 1.82) is 0 Å². The largest absolute Gasteiger partial charge is 0.369 e. The van der Waals surface area contributed by atoms with Gasteiger partial charge in [-0.2, -0.15) is 4.39 Å². The van der Waals surface area contributed by atoms with E-state index in [1.165, 1.54) is 25.3 Å². The zero-order valence-electron chi connectivity index (χ0n) is 9.19. The van der Waals surface area contributed by atoms with Crippen LogP contribution < -0.4 is 10.2 Å². The molecule has 2 aliphatic rings. The van der Waals surface area contributed by atoms with Crippen LogP contribution in [-0.2, 0) is 0 Å². The summed E-state index contributed by atoms with van der Waals surface area (Å²) in [5.74, 6) is -0.404. The third-order valence-electron chi connectivity index (χ3n) is 3.60. The molecule has 0 unspecified atom stereocenters. The molecule has 0 radical (unpaired) electrons. The Hall–Kier alpha value is -1.16. The highest BCUT2D eigenvalue weighted by molar-refractivity contribution is 5.44. The van der Waals surface area contributed by atoms with E-state index in [0.29, 0.717) is 12.1 Å². The predicted molar refractivity (Wildman–Crippen MR) is 61.0 cm³/mol. The molecule has 0 saturated carbocycles. The molecule has 0 aliphatic carbocycles. The normalized spacial score (nSPS) is 29.2. The SMILES string of the molecule is Fc1ccc(N2CC[C@H]3CC[C@@H](C2)N3)cn1. The summed E-state index contributed by atoms with van der Waals surface area (Å²) in [6, 6.07) is 4.54. The van der Waals surface area contributed by atoms with Crippen molar-refractivity contribution in [3.8, 4) is 0 Å². The number of hydrogen-bond acceptors (Lipinski definition) is 3. The van der Waals surface area contributed by atoms with Gasteiger partial charge in [-0.15, -0.1) is 0 Å². The van der Waals surface area contributed by atoms with Crippen molar-refractivity contribution in [3.63, 3.8) is 0 Å². The van der Waals surface area contributed by atoms with Gasteiger partial charge in [0, 0.05) is 25.2 Å². The fourth-order valence-electron chi connectivity index (χ4n) is 2.73. The summed E-state index contributed by atoms with van der Waals surface area (Å²) < 4.78 is 12.7. The first kappa shape index (κ1) is 10.0. The van der Waals surface area contributed by atoms with E-state index in [0.717, 1.165) is 18.8 Å². The lowest BCUT2D eigenvalue weighted by molar-refractivity contribution is 0.563. The number of nitrogens with one attached hydrogen (secondary N) is 1. The molecule has 2 atom stereocenters. The Labute approximate surface area is 94.7 Å². The van der Waals surface area contributed by atoms with Gasteiger partial charge in [0.25, 0.3) is 0 Å². The van der Waals surface area contributed by atoms with Crippen LogP contribution >= 0.6 is 0 Å². The van der Waals surface area contributed by atoms with Gasteiger partial charge in [-0.1, -0.05) is 0 Å². The Balaban J connectivity index is 1.77. The molecule has 2 fully saturated rings. The first-order valence-corrected chi connectivity index (χ1v) is 5.94. The predicted octanol–water partition coefficient (Wildman–Crippen LogP) is 1.55. The molecule has 1 N–H and O–H groups in total. The van der Waals surface area contributed by atoms with Crippen molar-refractivity contribution in [1.82, 2.24) is 10.3 Å². The number of anilines is 1. The molecule has 86 valence electrons. The van der Waals surface area contributed by atoms with E-state index in [2.05, 4.69) is 15.2 Å². The zero-order chi connectivity index (χ0) is 11.0. The molecule has 2 bridgehead atoms. The monoisotopic (exact) mass is 221 g/mol. The van der Waals surface area contributed by atoms with Crippen LogP contribution in [0.4, 0.5) is 10.1 Å². The molecule has 16 heavy (non-hydrogen) atoms. The van der Waals surface area contributed by atoms with Gasteiger partial charge >= 0.3 is 0 Å². The number of halogens is 1. The molecule has 0 aromatic carbocycles. The van der Waals surface area contributed by atoms with Crippen molar-refractivity contribution in [2.24, 2.45) is 0 Å². The number of hydrogen-bond donors (Lipinski definition) is 1. The van der Waals surface area contributed by atoms with Gasteiger partial charge in [-0.25, -0.2) is 4.98 Å². The summed E-state index contributed by atoms with van der Waals surface area (Å²) >= 11 is 0. The number of rotatable bonds is 1. The molecule has 0 spiro atoms. The van der Waals surface area contributed by atoms with Crippen molar-refractivity contribution in [2.45, 2.75) is 31.3 Å². The van der Waals surface area contributed by atoms with E-state index < -0.39 is 5.95 Å². The van der Waals surface area contributed by atoms with E-state index in [1.807, 2.05) is 6.07 Å². The van der Waals surface area contributed by atoms with Gasteiger partial charge in [-0.05, 0) is 31.4 Å². The number of fused-ring (bicyclic) bond motifs is 2. The molecule has 2 aliphatic heterocycles. The molecule has 3 heterocycles. The number of pyridine rings is 1. The highest BCUT2D eigenvalue weighted by atomic mass is 19.1. The third-order valence-corrected chi connectivity index (χ3v) is 3.60. The Bertz CT molecular complexity index is 365. The minimum Gasteiger partial charge on any atom is -0.369 e. The second kappa shape index (κ2) is 4.01. The average Bonchev–Trinajstić information content (AvgIpc) is 2.60.